The monoisotopic (exact) mass is 884 g/mol. The van der Waals surface area contributed by atoms with Crippen molar-refractivity contribution in [3.05, 3.63) is 69.3 Å². The van der Waals surface area contributed by atoms with Crippen LogP contribution in [0, 0.1) is 13.8 Å². The number of hydrogen-bond donors (Lipinski definition) is 8. The van der Waals surface area contributed by atoms with Crippen LogP contribution in [0.15, 0.2) is 24.3 Å². The van der Waals surface area contributed by atoms with Crippen molar-refractivity contribution < 1.29 is 58.7 Å². The fourth-order valence-electron chi connectivity index (χ4n) is 8.25. The molecule has 4 unspecified atom stereocenters. The van der Waals surface area contributed by atoms with Gasteiger partial charge in [0.1, 0.15) is 12.1 Å². The molecule has 2 aliphatic rings. The van der Waals surface area contributed by atoms with E-state index in [4.69, 9.17) is 19.4 Å². The van der Waals surface area contributed by atoms with Crippen LogP contribution in [-0.4, -0.2) is 101 Å². The number of H-pyrrole nitrogens is 2. The van der Waals surface area contributed by atoms with Gasteiger partial charge in [0.15, 0.2) is 0 Å². The van der Waals surface area contributed by atoms with E-state index in [1.165, 1.54) is 0 Å². The van der Waals surface area contributed by atoms with Crippen LogP contribution < -0.4 is 10.6 Å². The van der Waals surface area contributed by atoms with Crippen molar-refractivity contribution in [2.45, 2.75) is 118 Å². The van der Waals surface area contributed by atoms with Crippen molar-refractivity contribution in [3.8, 4) is 0 Å². The van der Waals surface area contributed by atoms with Gasteiger partial charge < -0.3 is 50.5 Å². The zero-order chi connectivity index (χ0) is 47.2. The lowest BCUT2D eigenvalue weighted by Crippen LogP contribution is -2.42. The summed E-state index contributed by atoms with van der Waals surface area (Å²) < 4.78 is 12.3. The first kappa shape index (κ1) is 48.4. The number of nitrogens with zero attached hydrogens (tertiary/aromatic N) is 2. The standard InChI is InChI=1S/C46H56N6O12/c1-9-63-25(7)43-23(5)31-15-29-21(3)27(11-13-39(53)51-37(45(59)60)19-41(55)56)33(47-29)18-34-28(12-14-40(54)52-38(46(61)62)20-42(57)58)22(4)30(48-34)16-35-44(26(8)64-10-2)24(6)32(50-35)17-36(43)49-31/h15-18,25-26,37-38,49-50H,9-14,19-20H2,1-8H3,(H,51,53)(H,52,54)(H,55,56)(H,57,58)(H,59,60)(H,61,62). The highest BCUT2D eigenvalue weighted by Crippen LogP contribution is 2.39. The molecule has 2 amide bonds. The molecule has 0 saturated heterocycles. The van der Waals surface area contributed by atoms with Crippen molar-refractivity contribution >= 4 is 80.1 Å². The number of carboxylic acid groups (broad SMARTS) is 4. The molecule has 0 fully saturated rings. The minimum atomic E-state index is -1.63. The molecule has 342 valence electrons. The van der Waals surface area contributed by atoms with E-state index >= 15 is 0 Å². The molecule has 18 heteroatoms. The van der Waals surface area contributed by atoms with Crippen molar-refractivity contribution in [1.29, 1.82) is 0 Å². The van der Waals surface area contributed by atoms with E-state index < -0.39 is 60.6 Å². The third-order valence-corrected chi connectivity index (χ3v) is 11.5. The summed E-state index contributed by atoms with van der Waals surface area (Å²) in [7, 11) is 0. The number of aromatic amines is 2. The Bertz CT molecular complexity index is 2600. The molecule has 5 heterocycles. The lowest BCUT2D eigenvalue weighted by molar-refractivity contribution is -0.147. The number of allylic oxidation sites excluding steroid dienone is 4. The van der Waals surface area contributed by atoms with E-state index in [0.29, 0.717) is 52.7 Å². The minimum absolute atomic E-state index is 0.0796. The normalized spacial score (nSPS) is 14.5. The largest absolute Gasteiger partial charge is 0.481 e. The lowest BCUT2D eigenvalue weighted by Gasteiger charge is -2.13. The summed E-state index contributed by atoms with van der Waals surface area (Å²) in [5.41, 5.74) is 11.6. The Kier molecular flexibility index (Phi) is 15.6. The van der Waals surface area contributed by atoms with E-state index in [1.807, 2.05) is 73.6 Å². The molecule has 0 radical (unpaired) electrons. The van der Waals surface area contributed by atoms with Gasteiger partial charge in [-0.15, -0.1) is 0 Å². The van der Waals surface area contributed by atoms with Crippen LogP contribution in [0.4, 0.5) is 0 Å². The van der Waals surface area contributed by atoms with Gasteiger partial charge in [-0.2, -0.15) is 0 Å². The quantitative estimate of drug-likeness (QED) is 0.0591. The average molecular weight is 885 g/mol. The molecule has 0 aliphatic carbocycles. The van der Waals surface area contributed by atoms with Crippen LogP contribution in [0.3, 0.4) is 0 Å². The number of rotatable bonds is 20. The molecule has 5 rings (SSSR count). The predicted octanol–water partition coefficient (Wildman–Crippen LogP) is 6.64. The van der Waals surface area contributed by atoms with E-state index in [0.717, 1.165) is 49.9 Å². The molecular formula is C46H56N6O12. The van der Waals surface area contributed by atoms with Crippen molar-refractivity contribution in [2.75, 3.05) is 13.2 Å². The molecule has 64 heavy (non-hydrogen) atoms. The van der Waals surface area contributed by atoms with Gasteiger partial charge in [-0.1, -0.05) is 0 Å². The van der Waals surface area contributed by atoms with E-state index in [-0.39, 0.29) is 37.9 Å². The highest BCUT2D eigenvalue weighted by molar-refractivity contribution is 5.97. The first-order chi connectivity index (χ1) is 30.2. The molecule has 3 aromatic heterocycles. The first-order valence-corrected chi connectivity index (χ1v) is 21.1. The van der Waals surface area contributed by atoms with Gasteiger partial charge in [-0.3, -0.25) is 19.2 Å². The molecular weight excluding hydrogens is 829 g/mol. The molecule has 0 aromatic carbocycles. The summed E-state index contributed by atoms with van der Waals surface area (Å²) in [4.78, 5) is 89.8. The zero-order valence-electron chi connectivity index (χ0n) is 37.2. The maximum atomic E-state index is 13.2. The fraction of sp³-hybridized carbons (Fsp3) is 0.435. The Morgan fingerprint density at radius 3 is 1.33 bits per heavy atom. The van der Waals surface area contributed by atoms with Crippen LogP contribution in [0.2, 0.25) is 0 Å². The number of amides is 2. The molecule has 0 spiro atoms. The summed E-state index contributed by atoms with van der Waals surface area (Å²) in [6, 6.07) is 4.33. The summed E-state index contributed by atoms with van der Waals surface area (Å²) in [6.07, 6.45) is -2.47. The van der Waals surface area contributed by atoms with Crippen molar-refractivity contribution in [2.24, 2.45) is 0 Å². The summed E-state index contributed by atoms with van der Waals surface area (Å²) in [5.74, 6) is -7.08. The van der Waals surface area contributed by atoms with Crippen LogP contribution in [0.25, 0.3) is 44.4 Å². The van der Waals surface area contributed by atoms with E-state index in [2.05, 4.69) is 20.6 Å². The maximum absolute atomic E-state index is 13.2. The highest BCUT2D eigenvalue weighted by atomic mass is 16.5. The number of carbonyl (C=O) groups excluding carboxylic acids is 2. The van der Waals surface area contributed by atoms with Crippen LogP contribution >= 0.6 is 0 Å². The second-order valence-electron chi connectivity index (χ2n) is 15.8. The topological polar surface area (TPSA) is 283 Å². The molecule has 2 aliphatic heterocycles. The molecule has 3 aromatic rings. The van der Waals surface area contributed by atoms with Crippen LogP contribution in [-0.2, 0) is 38.2 Å². The molecule has 8 bridgehead atoms. The Labute approximate surface area is 369 Å². The third kappa shape index (κ3) is 11.1. The first-order valence-electron chi connectivity index (χ1n) is 21.1. The second kappa shape index (κ2) is 20.7. The summed E-state index contributed by atoms with van der Waals surface area (Å²) in [5, 5.41) is 42.1. The van der Waals surface area contributed by atoms with Gasteiger partial charge in [-0.05, 0) is 126 Å². The number of carboxylic acids is 4. The number of aryl methyl sites for hydroxylation is 2. The zero-order valence-corrected chi connectivity index (χ0v) is 37.2. The fourth-order valence-corrected chi connectivity index (χ4v) is 8.25. The number of fused-ring (bicyclic) bond motifs is 8. The number of ether oxygens (including phenoxy) is 2. The van der Waals surface area contributed by atoms with E-state index in [9.17, 15) is 49.2 Å². The lowest BCUT2D eigenvalue weighted by atomic mass is 9.97. The molecule has 0 saturated carbocycles. The second-order valence-corrected chi connectivity index (χ2v) is 15.8. The van der Waals surface area contributed by atoms with Crippen LogP contribution in [0.5, 0.6) is 0 Å². The van der Waals surface area contributed by atoms with Crippen LogP contribution in [0.1, 0.15) is 137 Å². The van der Waals surface area contributed by atoms with Gasteiger partial charge in [-0.25, -0.2) is 19.6 Å². The smallest absolute Gasteiger partial charge is 0.326 e. The Hall–Kier alpha value is -6.66. The molecule has 18 nitrogen and oxygen atoms in total. The highest BCUT2D eigenvalue weighted by Gasteiger charge is 2.28. The Balaban J connectivity index is 1.77. The minimum Gasteiger partial charge on any atom is -0.481 e. The third-order valence-electron chi connectivity index (χ3n) is 11.5. The van der Waals surface area contributed by atoms with E-state index in [1.54, 1.807) is 6.07 Å². The van der Waals surface area contributed by atoms with Gasteiger partial charge in [0.25, 0.3) is 0 Å². The van der Waals surface area contributed by atoms with Gasteiger partial charge in [0, 0.05) is 59.2 Å². The van der Waals surface area contributed by atoms with Gasteiger partial charge >= 0.3 is 23.9 Å². The number of aliphatic carboxylic acids is 4. The van der Waals surface area contributed by atoms with Crippen molar-refractivity contribution in [3.63, 3.8) is 0 Å². The number of hydrogen-bond acceptors (Lipinski definition) is 10. The Morgan fingerprint density at radius 1 is 0.578 bits per heavy atom. The SMILES string of the molecule is CCOC(C)c1c(C)c2cc3[nH]c(cc4nc(cc5nc(cc1[nH]2)C(C)=C5CCC(=O)NC(CC(=O)O)C(=O)O)C(CCC(=O)NC(CC(=O)O)C(=O)O)=C4C)c(C)c3C(C)OCC. The average Bonchev–Trinajstić information content (AvgIpc) is 3.88. The molecule has 4 atom stereocenters. The Morgan fingerprint density at radius 2 is 0.953 bits per heavy atom. The van der Waals surface area contributed by atoms with Gasteiger partial charge in [0.2, 0.25) is 11.8 Å². The summed E-state index contributed by atoms with van der Waals surface area (Å²) in [6.45, 7) is 16.5. The molecule has 8 N–H and O–H groups in total. The van der Waals surface area contributed by atoms with Crippen molar-refractivity contribution in [1.82, 2.24) is 30.6 Å². The maximum Gasteiger partial charge on any atom is 0.326 e. The predicted molar refractivity (Wildman–Crippen MR) is 238 cm³/mol. The summed E-state index contributed by atoms with van der Waals surface area (Å²) >= 11 is 0. The number of carbonyl (C=O) groups is 6. The number of nitrogens with one attached hydrogen (secondary N) is 4. The van der Waals surface area contributed by atoms with Gasteiger partial charge in [0.05, 0.1) is 47.8 Å². The number of aromatic nitrogens is 4.